The molecule has 1 N–H and O–H groups in total. The first-order chi connectivity index (χ1) is 17.9. The number of hydrogen-bond acceptors (Lipinski definition) is 6. The number of nitrogens with one attached hydrogen (secondary N) is 1. The summed E-state index contributed by atoms with van der Waals surface area (Å²) >= 11 is 0. The third kappa shape index (κ3) is 5.78. The van der Waals surface area contributed by atoms with Gasteiger partial charge in [0.15, 0.2) is 0 Å². The highest BCUT2D eigenvalue weighted by Crippen LogP contribution is 2.32. The van der Waals surface area contributed by atoms with Crippen LogP contribution in [0, 0.1) is 11.6 Å². The van der Waals surface area contributed by atoms with Crippen LogP contribution < -0.4 is 5.32 Å². The summed E-state index contributed by atoms with van der Waals surface area (Å²) in [6.07, 6.45) is 6.88. The Morgan fingerprint density at radius 1 is 1.14 bits per heavy atom. The Labute approximate surface area is 213 Å². The maximum Gasteiger partial charge on any atom is 0.248 e. The van der Waals surface area contributed by atoms with Gasteiger partial charge in [0.25, 0.3) is 0 Å². The van der Waals surface area contributed by atoms with Crippen LogP contribution in [-0.2, 0) is 6.42 Å². The molecule has 0 atom stereocenters. The molecule has 0 saturated carbocycles. The lowest BCUT2D eigenvalue weighted by Crippen LogP contribution is -2.08. The second kappa shape index (κ2) is 11.4. The lowest BCUT2D eigenvalue weighted by molar-refractivity contribution is 0.554. The summed E-state index contributed by atoms with van der Waals surface area (Å²) in [6.45, 7) is 12.0. The van der Waals surface area contributed by atoms with E-state index in [2.05, 4.69) is 33.8 Å². The Morgan fingerprint density at radius 3 is 2.73 bits per heavy atom. The number of aromatic nitrogens is 4. The lowest BCUT2D eigenvalue weighted by atomic mass is 10.1. The highest BCUT2D eigenvalue weighted by molar-refractivity contribution is 5.89. The molecule has 0 aliphatic heterocycles. The van der Waals surface area contributed by atoms with Crippen LogP contribution in [0.3, 0.4) is 0 Å². The van der Waals surface area contributed by atoms with E-state index in [0.29, 0.717) is 47.3 Å². The van der Waals surface area contributed by atoms with E-state index in [9.17, 15) is 8.78 Å². The molecule has 9 heteroatoms. The molecule has 0 spiro atoms. The Hall–Kier alpha value is -4.66. The smallest absolute Gasteiger partial charge is 0.248 e. The van der Waals surface area contributed by atoms with Crippen LogP contribution in [0.1, 0.15) is 25.4 Å². The van der Waals surface area contributed by atoms with Gasteiger partial charge in [-0.3, -0.25) is 4.99 Å². The number of allylic oxidation sites excluding steroid dienone is 4. The van der Waals surface area contributed by atoms with Crippen LogP contribution >= 0.6 is 0 Å². The molecule has 0 aliphatic carbocycles. The minimum absolute atomic E-state index is 0.0414. The van der Waals surface area contributed by atoms with E-state index in [1.165, 1.54) is 4.68 Å². The van der Waals surface area contributed by atoms with Crippen LogP contribution in [0.15, 0.2) is 89.5 Å². The van der Waals surface area contributed by atoms with Crippen LogP contribution in [-0.4, -0.2) is 32.2 Å². The first-order valence-corrected chi connectivity index (χ1v) is 11.6. The van der Waals surface area contributed by atoms with Crippen molar-refractivity contribution in [2.75, 3.05) is 11.9 Å². The number of anilines is 1. The number of hydrogen-bond donors (Lipinski definition) is 1. The fourth-order valence-corrected chi connectivity index (χ4v) is 3.74. The molecule has 0 radical (unpaired) electrons. The van der Waals surface area contributed by atoms with E-state index in [4.69, 9.17) is 9.41 Å². The summed E-state index contributed by atoms with van der Waals surface area (Å²) in [6, 6.07) is 10.6. The highest BCUT2D eigenvalue weighted by atomic mass is 19.1. The van der Waals surface area contributed by atoms with Gasteiger partial charge in [0.2, 0.25) is 11.8 Å². The fraction of sp³-hybridized carbons (Fsp3) is 0.143. The number of aliphatic imine (C=N–C) groups is 1. The van der Waals surface area contributed by atoms with Gasteiger partial charge >= 0.3 is 0 Å². The Kier molecular flexibility index (Phi) is 7.83. The summed E-state index contributed by atoms with van der Waals surface area (Å²) in [7, 11) is 0. The van der Waals surface area contributed by atoms with Gasteiger partial charge in [0.05, 0.1) is 11.4 Å². The molecule has 0 amide bonds. The van der Waals surface area contributed by atoms with Gasteiger partial charge in [-0.25, -0.2) is 13.5 Å². The number of nitrogens with zero attached hydrogens (tertiary/aromatic N) is 5. The van der Waals surface area contributed by atoms with Crippen molar-refractivity contribution in [1.82, 2.24) is 20.0 Å². The van der Waals surface area contributed by atoms with Gasteiger partial charge in [-0.15, -0.1) is 10.2 Å². The summed E-state index contributed by atoms with van der Waals surface area (Å²) in [5.74, 6) is -0.437. The molecule has 0 unspecified atom stereocenters. The molecule has 0 saturated heterocycles. The molecule has 7 nitrogen and oxygen atoms in total. The maximum atomic E-state index is 14.4. The van der Waals surface area contributed by atoms with Gasteiger partial charge in [0.1, 0.15) is 17.3 Å². The molecular weight excluding hydrogens is 474 g/mol. The Morgan fingerprint density at radius 2 is 1.97 bits per heavy atom. The SMILES string of the molecule is C=C/C=C(\C=C)c1nnc(-c2ccc(NCC)c(N=C(C)Cc3ccnn3-c3cc(F)ccc3F)c2)o1. The van der Waals surface area contributed by atoms with E-state index in [1.807, 2.05) is 32.0 Å². The van der Waals surface area contributed by atoms with Crippen LogP contribution in [0.25, 0.3) is 22.7 Å². The second-order valence-electron chi connectivity index (χ2n) is 8.09. The van der Waals surface area contributed by atoms with E-state index < -0.39 is 11.6 Å². The van der Waals surface area contributed by atoms with Crippen LogP contribution in [0.4, 0.5) is 20.2 Å². The normalized spacial score (nSPS) is 12.0. The largest absolute Gasteiger partial charge is 0.416 e. The minimum atomic E-state index is -0.565. The van der Waals surface area contributed by atoms with Crippen molar-refractivity contribution in [3.05, 3.63) is 103 Å². The zero-order chi connectivity index (χ0) is 26.4. The van der Waals surface area contributed by atoms with Crippen molar-refractivity contribution in [3.63, 3.8) is 0 Å². The minimum Gasteiger partial charge on any atom is -0.416 e. The molecule has 2 heterocycles. The quantitative estimate of drug-likeness (QED) is 0.193. The zero-order valence-electron chi connectivity index (χ0n) is 20.6. The average molecular weight is 501 g/mol. The van der Waals surface area contributed by atoms with E-state index in [1.54, 1.807) is 30.5 Å². The summed E-state index contributed by atoms with van der Waals surface area (Å²) in [4.78, 5) is 4.82. The number of rotatable bonds is 10. The maximum absolute atomic E-state index is 14.4. The van der Waals surface area contributed by atoms with Gasteiger partial charge in [-0.1, -0.05) is 31.4 Å². The molecular formula is C28H26F2N6O. The number of benzene rings is 2. The van der Waals surface area contributed by atoms with Gasteiger partial charge in [-0.05, 0) is 50.2 Å². The Bertz CT molecular complexity index is 1500. The Balaban J connectivity index is 1.66. The van der Waals surface area contributed by atoms with Crippen molar-refractivity contribution >= 4 is 22.7 Å². The van der Waals surface area contributed by atoms with E-state index in [0.717, 1.165) is 29.6 Å². The summed E-state index contributed by atoms with van der Waals surface area (Å²) < 4.78 is 35.3. The molecule has 0 fully saturated rings. The topological polar surface area (TPSA) is 81.1 Å². The molecule has 188 valence electrons. The number of halogens is 2. The monoisotopic (exact) mass is 500 g/mol. The van der Waals surface area contributed by atoms with E-state index >= 15 is 0 Å². The van der Waals surface area contributed by atoms with Crippen molar-refractivity contribution < 1.29 is 13.2 Å². The molecule has 37 heavy (non-hydrogen) atoms. The van der Waals surface area contributed by atoms with Crippen molar-refractivity contribution in [2.45, 2.75) is 20.3 Å². The summed E-state index contributed by atoms with van der Waals surface area (Å²) in [5, 5.41) is 15.8. The van der Waals surface area contributed by atoms with Gasteiger partial charge in [-0.2, -0.15) is 5.10 Å². The van der Waals surface area contributed by atoms with Gasteiger partial charge in [0, 0.05) is 47.8 Å². The highest BCUT2D eigenvalue weighted by Gasteiger charge is 2.15. The lowest BCUT2D eigenvalue weighted by Gasteiger charge is -2.11. The summed E-state index contributed by atoms with van der Waals surface area (Å²) in [5.41, 5.74) is 4.31. The predicted octanol–water partition coefficient (Wildman–Crippen LogP) is 6.72. The van der Waals surface area contributed by atoms with Crippen LogP contribution in [0.2, 0.25) is 0 Å². The van der Waals surface area contributed by atoms with Crippen molar-refractivity contribution in [1.29, 1.82) is 0 Å². The molecule has 0 aliphatic rings. The molecule has 2 aromatic carbocycles. The third-order valence-electron chi connectivity index (χ3n) is 5.41. The average Bonchev–Trinajstić information content (AvgIpc) is 3.55. The molecule has 0 bridgehead atoms. The van der Waals surface area contributed by atoms with Crippen molar-refractivity contribution in [2.24, 2.45) is 4.99 Å². The molecule has 2 aromatic heterocycles. The zero-order valence-corrected chi connectivity index (χ0v) is 20.6. The fourth-order valence-electron chi connectivity index (χ4n) is 3.74. The second-order valence-corrected chi connectivity index (χ2v) is 8.09. The van der Waals surface area contributed by atoms with Crippen molar-refractivity contribution in [3.8, 4) is 17.1 Å². The van der Waals surface area contributed by atoms with Crippen LogP contribution in [0.5, 0.6) is 0 Å². The molecule has 4 rings (SSSR count). The predicted molar refractivity (Wildman–Crippen MR) is 142 cm³/mol. The standard InChI is InChI=1S/C28H26F2N6O/c1-5-8-19(6-2)27-34-35-28(37-27)20-9-12-24(31-7-3)25(16-20)33-18(4)15-22-13-14-32-36(22)26-17-21(29)10-11-23(26)30/h5-6,8-14,16-17,31H,1-2,7,15H2,3-4H3/b19-8+,33-18?. The first kappa shape index (κ1) is 25.4. The third-order valence-corrected chi connectivity index (χ3v) is 5.41. The van der Waals surface area contributed by atoms with Gasteiger partial charge < -0.3 is 9.73 Å². The molecule has 4 aromatic rings. The van der Waals surface area contributed by atoms with E-state index in [-0.39, 0.29) is 5.69 Å². The first-order valence-electron chi connectivity index (χ1n) is 11.6.